The summed E-state index contributed by atoms with van der Waals surface area (Å²) in [6.45, 7) is 2.91. The third-order valence-corrected chi connectivity index (χ3v) is 6.96. The maximum atomic E-state index is 13.2. The maximum Gasteiger partial charge on any atom is 0.409 e. The molecule has 0 spiro atoms. The van der Waals surface area contributed by atoms with Gasteiger partial charge in [-0.1, -0.05) is 18.2 Å². The lowest BCUT2D eigenvalue weighted by Crippen LogP contribution is -2.48. The summed E-state index contributed by atoms with van der Waals surface area (Å²) >= 11 is 1.42. The van der Waals surface area contributed by atoms with Crippen LogP contribution in [0.3, 0.4) is 0 Å². The molecule has 2 aromatic rings. The monoisotopic (exact) mass is 470 g/mol. The molecule has 1 aromatic heterocycles. The van der Waals surface area contributed by atoms with Crippen LogP contribution in [0.5, 0.6) is 5.75 Å². The number of aliphatic hydroxyl groups excluding tert-OH is 1. The lowest BCUT2D eigenvalue weighted by atomic mass is 9.97. The molecule has 174 valence electrons. The molecule has 8 nitrogen and oxygen atoms in total. The molecule has 9 heteroatoms. The van der Waals surface area contributed by atoms with E-state index in [1.807, 2.05) is 17.5 Å². The van der Waals surface area contributed by atoms with Gasteiger partial charge in [-0.3, -0.25) is 9.59 Å². The first-order valence-corrected chi connectivity index (χ1v) is 11.7. The minimum absolute atomic E-state index is 0.0553. The first kappa shape index (κ1) is 22.8. The summed E-state index contributed by atoms with van der Waals surface area (Å²) in [5.41, 5.74) is 0.413. The van der Waals surface area contributed by atoms with E-state index in [0.717, 1.165) is 4.88 Å². The Bertz CT molecular complexity index is 1070. The number of thiophene rings is 1. The van der Waals surface area contributed by atoms with Gasteiger partial charge in [0.2, 0.25) is 0 Å². The summed E-state index contributed by atoms with van der Waals surface area (Å²) in [7, 11) is 1.48. The van der Waals surface area contributed by atoms with Gasteiger partial charge in [-0.15, -0.1) is 11.3 Å². The van der Waals surface area contributed by atoms with Crippen LogP contribution in [0.2, 0.25) is 0 Å². The number of Topliss-reactive ketones (excluding diaryl/α,β-unsaturated/α-hetero) is 1. The average molecular weight is 471 g/mol. The SMILES string of the molecule is CCOC(=O)N1CCC(N2C(=O)C(=O)/C(=C(\O)c3ccccc3OC)C2c2cccs2)CC1. The molecule has 0 saturated carbocycles. The van der Waals surface area contributed by atoms with Crippen LogP contribution in [-0.2, 0) is 14.3 Å². The third-order valence-electron chi connectivity index (χ3n) is 6.04. The van der Waals surface area contributed by atoms with Gasteiger partial charge >= 0.3 is 6.09 Å². The normalized spacial score (nSPS) is 20.8. The number of nitrogens with zero attached hydrogens (tertiary/aromatic N) is 2. The van der Waals surface area contributed by atoms with E-state index >= 15 is 0 Å². The Kier molecular flexibility index (Phi) is 6.69. The van der Waals surface area contributed by atoms with E-state index in [2.05, 4.69) is 0 Å². The standard InChI is InChI=1S/C24H26N2O6S/c1-3-32-24(30)25-12-10-15(11-13-25)26-20(18-9-6-14-33-18)19(22(28)23(26)29)21(27)16-7-4-5-8-17(16)31-2/h4-9,14-15,20,27H,3,10-13H2,1-2H3/b21-19-. The minimum Gasteiger partial charge on any atom is -0.507 e. The number of hydrogen-bond donors (Lipinski definition) is 1. The van der Waals surface area contributed by atoms with Crippen LogP contribution in [0.15, 0.2) is 47.4 Å². The molecule has 1 unspecified atom stereocenters. The Morgan fingerprint density at radius 2 is 1.88 bits per heavy atom. The number of benzene rings is 1. The van der Waals surface area contributed by atoms with Gasteiger partial charge in [0.05, 0.1) is 30.9 Å². The number of aliphatic hydroxyl groups is 1. The number of amides is 2. The van der Waals surface area contributed by atoms with Crippen molar-refractivity contribution in [3.8, 4) is 5.75 Å². The van der Waals surface area contributed by atoms with Crippen molar-refractivity contribution in [3.05, 3.63) is 57.8 Å². The molecule has 2 aliphatic rings. The second-order valence-corrected chi connectivity index (χ2v) is 8.82. The molecule has 1 N–H and O–H groups in total. The van der Waals surface area contributed by atoms with Gasteiger partial charge in [-0.05, 0) is 43.3 Å². The summed E-state index contributed by atoms with van der Waals surface area (Å²) in [6, 6.07) is 9.61. The van der Waals surface area contributed by atoms with E-state index in [0.29, 0.717) is 43.9 Å². The summed E-state index contributed by atoms with van der Waals surface area (Å²) in [4.78, 5) is 42.5. The van der Waals surface area contributed by atoms with E-state index in [4.69, 9.17) is 9.47 Å². The van der Waals surface area contributed by atoms with E-state index < -0.39 is 17.7 Å². The average Bonchev–Trinajstić information content (AvgIpc) is 3.46. The number of carbonyl (C=O) groups is 3. The van der Waals surface area contributed by atoms with Crippen LogP contribution in [0.4, 0.5) is 4.79 Å². The van der Waals surface area contributed by atoms with Crippen molar-refractivity contribution < 1.29 is 29.0 Å². The fraction of sp³-hybridized carbons (Fsp3) is 0.375. The van der Waals surface area contributed by atoms with Crippen LogP contribution in [0.25, 0.3) is 5.76 Å². The van der Waals surface area contributed by atoms with Crippen molar-refractivity contribution in [2.45, 2.75) is 31.8 Å². The van der Waals surface area contributed by atoms with Crippen molar-refractivity contribution in [2.75, 3.05) is 26.8 Å². The van der Waals surface area contributed by atoms with E-state index in [-0.39, 0.29) is 23.5 Å². The summed E-state index contributed by atoms with van der Waals surface area (Å²) in [6.07, 6.45) is 0.661. The molecule has 4 rings (SSSR count). The maximum absolute atomic E-state index is 13.2. The zero-order valence-electron chi connectivity index (χ0n) is 18.5. The van der Waals surface area contributed by atoms with Crippen LogP contribution in [0, 0.1) is 0 Å². The van der Waals surface area contributed by atoms with Gasteiger partial charge < -0.3 is 24.4 Å². The highest BCUT2D eigenvalue weighted by atomic mass is 32.1. The van der Waals surface area contributed by atoms with Gasteiger partial charge in [0.25, 0.3) is 11.7 Å². The minimum atomic E-state index is -0.718. The highest BCUT2D eigenvalue weighted by Gasteiger charge is 2.50. The Hall–Kier alpha value is -3.33. The third kappa shape index (κ3) is 4.20. The highest BCUT2D eigenvalue weighted by Crippen LogP contribution is 2.44. The lowest BCUT2D eigenvalue weighted by molar-refractivity contribution is -0.142. The predicted octanol–water partition coefficient (Wildman–Crippen LogP) is 3.80. The lowest BCUT2D eigenvalue weighted by Gasteiger charge is -2.38. The van der Waals surface area contributed by atoms with Crippen molar-refractivity contribution in [3.63, 3.8) is 0 Å². The molecule has 2 aliphatic heterocycles. The number of piperidine rings is 1. The zero-order chi connectivity index (χ0) is 23.5. The Morgan fingerprint density at radius 3 is 2.52 bits per heavy atom. The van der Waals surface area contributed by atoms with Crippen LogP contribution >= 0.6 is 11.3 Å². The van der Waals surface area contributed by atoms with Gasteiger partial charge in [0, 0.05) is 24.0 Å². The zero-order valence-corrected chi connectivity index (χ0v) is 19.3. The molecular weight excluding hydrogens is 444 g/mol. The molecule has 1 aromatic carbocycles. The summed E-state index contributed by atoms with van der Waals surface area (Å²) in [5.74, 6) is -1.20. The molecule has 2 amide bonds. The van der Waals surface area contributed by atoms with Crippen molar-refractivity contribution >= 4 is 34.9 Å². The molecule has 2 fully saturated rings. The first-order valence-electron chi connectivity index (χ1n) is 10.9. The fourth-order valence-corrected chi connectivity index (χ4v) is 5.31. The second kappa shape index (κ2) is 9.66. The number of methoxy groups -OCH3 is 1. The van der Waals surface area contributed by atoms with E-state index in [1.54, 1.807) is 41.0 Å². The molecule has 0 bridgehead atoms. The van der Waals surface area contributed by atoms with Gasteiger partial charge in [0.1, 0.15) is 11.5 Å². The second-order valence-electron chi connectivity index (χ2n) is 7.84. The van der Waals surface area contributed by atoms with Crippen molar-refractivity contribution in [1.82, 2.24) is 9.80 Å². The summed E-state index contributed by atoms with van der Waals surface area (Å²) < 4.78 is 10.4. The predicted molar refractivity (Wildman–Crippen MR) is 123 cm³/mol. The van der Waals surface area contributed by atoms with Crippen LogP contribution in [0.1, 0.15) is 36.2 Å². The number of para-hydroxylation sites is 1. The van der Waals surface area contributed by atoms with E-state index in [1.165, 1.54) is 18.4 Å². The Morgan fingerprint density at radius 1 is 1.15 bits per heavy atom. The van der Waals surface area contributed by atoms with Gasteiger partial charge in [-0.2, -0.15) is 0 Å². The Balaban J connectivity index is 1.71. The number of ether oxygens (including phenoxy) is 2. The highest BCUT2D eigenvalue weighted by molar-refractivity contribution is 7.10. The number of carbonyl (C=O) groups excluding carboxylic acids is 3. The molecule has 0 radical (unpaired) electrons. The number of hydrogen-bond acceptors (Lipinski definition) is 7. The number of ketones is 1. The van der Waals surface area contributed by atoms with Gasteiger partial charge in [-0.25, -0.2) is 4.79 Å². The van der Waals surface area contributed by atoms with Crippen LogP contribution in [-0.4, -0.2) is 65.5 Å². The van der Waals surface area contributed by atoms with Gasteiger partial charge in [0.15, 0.2) is 0 Å². The quantitative estimate of drug-likeness (QED) is 0.406. The van der Waals surface area contributed by atoms with E-state index in [9.17, 15) is 19.5 Å². The Labute approximate surface area is 196 Å². The number of rotatable bonds is 5. The smallest absolute Gasteiger partial charge is 0.409 e. The topological polar surface area (TPSA) is 96.4 Å². The summed E-state index contributed by atoms with van der Waals surface area (Å²) in [5, 5.41) is 13.1. The molecular formula is C24H26N2O6S. The first-order chi connectivity index (χ1) is 16.0. The van der Waals surface area contributed by atoms with Crippen molar-refractivity contribution in [2.24, 2.45) is 0 Å². The molecule has 33 heavy (non-hydrogen) atoms. The van der Waals surface area contributed by atoms with Crippen molar-refractivity contribution in [1.29, 1.82) is 0 Å². The fourth-order valence-electron chi connectivity index (χ4n) is 4.48. The molecule has 1 atom stereocenters. The molecule has 0 aliphatic carbocycles. The largest absolute Gasteiger partial charge is 0.507 e. The molecule has 3 heterocycles. The van der Waals surface area contributed by atoms with Crippen LogP contribution < -0.4 is 4.74 Å². The number of likely N-dealkylation sites (tertiary alicyclic amines) is 2. The molecule has 2 saturated heterocycles.